The normalized spacial score (nSPS) is 9.69. The van der Waals surface area contributed by atoms with E-state index in [1.807, 2.05) is 0 Å². The van der Waals surface area contributed by atoms with Crippen LogP contribution in [0.5, 0.6) is 5.88 Å². The predicted molar refractivity (Wildman–Crippen MR) is 46.3 cm³/mol. The van der Waals surface area contributed by atoms with Gasteiger partial charge in [0.15, 0.2) is 5.88 Å². The van der Waals surface area contributed by atoms with E-state index in [4.69, 9.17) is 12.3 Å². The van der Waals surface area contributed by atoms with Crippen molar-refractivity contribution in [2.24, 2.45) is 0 Å². The quantitative estimate of drug-likeness (QED) is 0.628. The maximum absolute atomic E-state index is 11.2. The highest BCUT2D eigenvalue weighted by Gasteiger charge is 2.13. The summed E-state index contributed by atoms with van der Waals surface area (Å²) in [6.45, 7) is 3.18. The van der Waals surface area contributed by atoms with Crippen LogP contribution in [-0.2, 0) is 0 Å². The molecule has 13 heavy (non-hydrogen) atoms. The van der Waals surface area contributed by atoms with Crippen LogP contribution in [0.1, 0.15) is 16.7 Å². The first-order valence-electron chi connectivity index (χ1n) is 3.61. The number of hydrogen-bond acceptors (Lipinski definition) is 3. The van der Waals surface area contributed by atoms with E-state index in [2.05, 4.69) is 0 Å². The van der Waals surface area contributed by atoms with Crippen LogP contribution in [0.4, 0.5) is 0 Å². The Bertz CT molecular complexity index is 452. The van der Waals surface area contributed by atoms with Gasteiger partial charge in [-0.2, -0.15) is 5.26 Å². The third kappa shape index (κ3) is 1.18. The van der Waals surface area contributed by atoms with Gasteiger partial charge in [-0.15, -0.1) is 0 Å². The number of hydrogen-bond donors (Lipinski definition) is 1. The topological polar surface area (TPSA) is 66.0 Å². The molecular formula is C9H8N2O2. The molecule has 0 aliphatic rings. The minimum Gasteiger partial charge on any atom is -0.494 e. The molecule has 1 aromatic heterocycles. The Morgan fingerprint density at radius 3 is 2.46 bits per heavy atom. The number of rotatable bonds is 0. The Morgan fingerprint density at radius 2 is 2.00 bits per heavy atom. The number of aromatic nitrogens is 1. The van der Waals surface area contributed by atoms with Crippen LogP contribution in [0.3, 0.4) is 0 Å². The minimum atomic E-state index is -0.678. The lowest BCUT2D eigenvalue weighted by atomic mass is 10.1. The van der Waals surface area contributed by atoms with Gasteiger partial charge in [0.1, 0.15) is 11.6 Å². The molecule has 66 valence electrons. The van der Waals surface area contributed by atoms with Gasteiger partial charge in [-0.3, -0.25) is 9.36 Å². The number of pyridine rings is 1. The van der Waals surface area contributed by atoms with Gasteiger partial charge in [-0.25, -0.2) is 0 Å². The van der Waals surface area contributed by atoms with E-state index in [9.17, 15) is 9.90 Å². The molecule has 0 saturated heterocycles. The van der Waals surface area contributed by atoms with Crippen LogP contribution in [-0.4, -0.2) is 9.67 Å². The second-order valence-electron chi connectivity index (χ2n) is 2.74. The Labute approximate surface area is 75.7 Å². The van der Waals surface area contributed by atoms with Gasteiger partial charge in [0.05, 0.1) is 7.05 Å². The zero-order valence-electron chi connectivity index (χ0n) is 7.33. The maximum Gasteiger partial charge on any atom is 0.271 e. The molecule has 0 saturated carbocycles. The minimum absolute atomic E-state index is 0.0298. The Hall–Kier alpha value is -1.76. The lowest BCUT2D eigenvalue weighted by Crippen LogP contribution is -2.20. The van der Waals surface area contributed by atoms with Crippen molar-refractivity contribution >= 4 is 0 Å². The summed E-state index contributed by atoms with van der Waals surface area (Å²) in [6.07, 6.45) is 0. The monoisotopic (exact) mass is 176 g/mol. The van der Waals surface area contributed by atoms with Crippen LogP contribution >= 0.6 is 0 Å². The molecule has 0 aromatic carbocycles. The number of aromatic hydroxyl groups is 1. The molecule has 0 unspecified atom stereocenters. The molecule has 0 fully saturated rings. The molecule has 1 heterocycles. The highest BCUT2D eigenvalue weighted by atomic mass is 16.3. The molecule has 1 rings (SSSR count). The summed E-state index contributed by atoms with van der Waals surface area (Å²) in [4.78, 5) is 11.2. The molecule has 2 radical (unpaired) electrons. The fraction of sp³-hybridized carbons (Fsp3) is 0.222. The number of nitriles is 1. The third-order valence-corrected chi connectivity index (χ3v) is 2.05. The van der Waals surface area contributed by atoms with Gasteiger partial charge < -0.3 is 5.11 Å². The van der Waals surface area contributed by atoms with Crippen LogP contribution in [0, 0.1) is 32.2 Å². The first-order valence-corrected chi connectivity index (χ1v) is 3.61. The van der Waals surface area contributed by atoms with Crippen molar-refractivity contribution in [1.82, 2.24) is 4.57 Å². The van der Waals surface area contributed by atoms with E-state index in [-0.39, 0.29) is 11.4 Å². The lowest BCUT2D eigenvalue weighted by molar-refractivity contribution is 0.428. The fourth-order valence-electron chi connectivity index (χ4n) is 1.04. The smallest absolute Gasteiger partial charge is 0.271 e. The van der Waals surface area contributed by atoms with Crippen molar-refractivity contribution < 1.29 is 5.11 Å². The zero-order chi connectivity index (χ0) is 10.2. The Morgan fingerprint density at radius 1 is 1.46 bits per heavy atom. The summed E-state index contributed by atoms with van der Waals surface area (Å²) in [5.74, 6) is -0.304. The summed E-state index contributed by atoms with van der Waals surface area (Å²) >= 11 is 0. The zero-order valence-corrected chi connectivity index (χ0v) is 7.33. The van der Waals surface area contributed by atoms with Crippen LogP contribution in [0.15, 0.2) is 4.79 Å². The summed E-state index contributed by atoms with van der Waals surface area (Å²) in [5.41, 5.74) is 0.200. The molecule has 0 spiro atoms. The van der Waals surface area contributed by atoms with E-state index in [0.29, 0.717) is 15.7 Å². The second-order valence-corrected chi connectivity index (χ2v) is 2.74. The van der Waals surface area contributed by atoms with Gasteiger partial charge in [0, 0.05) is 5.56 Å². The van der Waals surface area contributed by atoms with E-state index in [1.54, 1.807) is 19.9 Å². The predicted octanol–water partition coefficient (Wildman–Crippen LogP) is 0.559. The van der Waals surface area contributed by atoms with E-state index < -0.39 is 5.56 Å². The summed E-state index contributed by atoms with van der Waals surface area (Å²) in [7, 11) is 5.23. The molecule has 0 atom stereocenters. The van der Waals surface area contributed by atoms with Gasteiger partial charge in [-0.05, 0) is 19.4 Å². The average Bonchev–Trinajstić information content (AvgIpc) is 2.13. The standard InChI is InChI=1S/C9H8N2O2/c1-5-6(2)8(12)11(3)9(13)7(5)4-10/h3,12H,1-2H3. The molecule has 0 aliphatic heterocycles. The van der Waals surface area contributed by atoms with Crippen LogP contribution in [0.2, 0.25) is 0 Å². The SMILES string of the molecule is [CH]n1c(O)c(C)c(C)c(C#N)c1=O. The van der Waals surface area contributed by atoms with Crippen LogP contribution < -0.4 is 5.56 Å². The number of nitrogens with zero attached hydrogens (tertiary/aromatic N) is 2. The first-order chi connectivity index (χ1) is 6.00. The summed E-state index contributed by atoms with van der Waals surface area (Å²) < 4.78 is 0.570. The highest BCUT2D eigenvalue weighted by Crippen LogP contribution is 2.18. The molecule has 4 nitrogen and oxygen atoms in total. The molecule has 0 amide bonds. The largest absolute Gasteiger partial charge is 0.494 e. The highest BCUT2D eigenvalue weighted by molar-refractivity contribution is 5.44. The molecule has 1 aromatic rings. The Kier molecular flexibility index (Phi) is 2.11. The van der Waals surface area contributed by atoms with Gasteiger partial charge >= 0.3 is 0 Å². The van der Waals surface area contributed by atoms with Crippen molar-refractivity contribution in [2.45, 2.75) is 13.8 Å². The maximum atomic E-state index is 11.2. The van der Waals surface area contributed by atoms with E-state index in [0.717, 1.165) is 0 Å². The van der Waals surface area contributed by atoms with Crippen molar-refractivity contribution in [3.63, 3.8) is 0 Å². The molecular weight excluding hydrogens is 168 g/mol. The van der Waals surface area contributed by atoms with Crippen molar-refractivity contribution in [2.75, 3.05) is 0 Å². The third-order valence-electron chi connectivity index (χ3n) is 2.05. The fourth-order valence-corrected chi connectivity index (χ4v) is 1.04. The summed E-state index contributed by atoms with van der Waals surface area (Å²) in [6, 6.07) is 1.75. The van der Waals surface area contributed by atoms with Gasteiger partial charge in [-0.1, -0.05) is 0 Å². The van der Waals surface area contributed by atoms with E-state index in [1.165, 1.54) is 0 Å². The Balaban J connectivity index is 3.80. The first kappa shape index (κ1) is 9.33. The van der Waals surface area contributed by atoms with Crippen molar-refractivity contribution in [3.8, 4) is 11.9 Å². The average molecular weight is 176 g/mol. The summed E-state index contributed by atoms with van der Waals surface area (Å²) in [5, 5.41) is 18.0. The molecule has 4 heteroatoms. The van der Waals surface area contributed by atoms with Crippen molar-refractivity contribution in [3.05, 3.63) is 34.1 Å². The van der Waals surface area contributed by atoms with Gasteiger partial charge in [0.2, 0.25) is 0 Å². The van der Waals surface area contributed by atoms with E-state index >= 15 is 0 Å². The van der Waals surface area contributed by atoms with Gasteiger partial charge in [0.25, 0.3) is 5.56 Å². The molecule has 1 N–H and O–H groups in total. The lowest BCUT2D eigenvalue weighted by Gasteiger charge is -2.08. The molecule has 0 bridgehead atoms. The van der Waals surface area contributed by atoms with Crippen molar-refractivity contribution in [1.29, 1.82) is 5.26 Å². The van der Waals surface area contributed by atoms with Crippen LogP contribution in [0.25, 0.3) is 0 Å². The molecule has 0 aliphatic carbocycles. The second kappa shape index (κ2) is 2.94.